The molecule has 2 nitrogen and oxygen atoms in total. The molecule has 0 amide bonds. The lowest BCUT2D eigenvalue weighted by Crippen LogP contribution is -2.38. The molecule has 0 saturated carbocycles. The highest BCUT2D eigenvalue weighted by atomic mass is 32.1. The zero-order valence-corrected chi connectivity index (χ0v) is 39.5. The van der Waals surface area contributed by atoms with E-state index >= 15 is 0 Å². The quantitative estimate of drug-likeness (QED) is 0.109. The van der Waals surface area contributed by atoms with E-state index in [-0.39, 0.29) is 21.7 Å². The second-order valence-electron chi connectivity index (χ2n) is 21.2. The first-order valence-electron chi connectivity index (χ1n) is 23.0. The molecule has 0 fully saturated rings. The number of nitrogens with two attached hydrogens (primary N) is 1. The number of fused-ring (bicyclic) bond motifs is 5. The van der Waals surface area contributed by atoms with E-state index in [1.54, 1.807) is 0 Å². The van der Waals surface area contributed by atoms with Gasteiger partial charge in [0.2, 0.25) is 0 Å². The van der Waals surface area contributed by atoms with E-state index in [4.69, 9.17) is 13.6 Å². The molecule has 0 bridgehead atoms. The van der Waals surface area contributed by atoms with Crippen molar-refractivity contribution in [3.63, 3.8) is 0 Å². The van der Waals surface area contributed by atoms with E-state index < -0.39 is 0 Å². The Morgan fingerprint density at radius 3 is 2.27 bits per heavy atom. The topological polar surface area (TPSA) is 29.3 Å². The van der Waals surface area contributed by atoms with Gasteiger partial charge < -0.3 is 10.6 Å². The summed E-state index contributed by atoms with van der Waals surface area (Å²) in [6, 6.07) is 29.8. The number of benzene rings is 5. The van der Waals surface area contributed by atoms with Gasteiger partial charge in [-0.25, -0.2) is 0 Å². The zero-order chi connectivity index (χ0) is 44.2. The number of rotatable bonds is 4. The molecular weight excluding hydrogens is 780 g/mol. The molecule has 3 aliphatic carbocycles. The van der Waals surface area contributed by atoms with Crippen molar-refractivity contribution < 1.29 is 0 Å². The Morgan fingerprint density at radius 1 is 0.714 bits per heavy atom. The largest absolute Gasteiger partial charge is 0.398 e. The minimum atomic E-state index is -0.210. The third-order valence-electron chi connectivity index (χ3n) is 14.8. The van der Waals surface area contributed by atoms with Crippen LogP contribution in [0.3, 0.4) is 0 Å². The lowest BCUT2D eigenvalue weighted by atomic mass is 9.62. The van der Waals surface area contributed by atoms with Crippen LogP contribution in [0.25, 0.3) is 48.0 Å². The number of hydrogen-bond donors (Lipinski definition) is 1. The molecule has 0 atom stereocenters. The number of thiophene rings is 1. The van der Waals surface area contributed by atoms with Gasteiger partial charge in [0, 0.05) is 61.9 Å². The number of nitrogens with zero attached hydrogens (tertiary/aromatic N) is 1. The van der Waals surface area contributed by atoms with Crippen molar-refractivity contribution in [2.75, 3.05) is 10.6 Å². The fourth-order valence-corrected chi connectivity index (χ4v) is 12.5. The van der Waals surface area contributed by atoms with E-state index in [0.717, 1.165) is 60.1 Å². The van der Waals surface area contributed by atoms with Gasteiger partial charge in [0.15, 0.2) is 0 Å². The molecule has 2 N–H and O–H groups in total. The summed E-state index contributed by atoms with van der Waals surface area (Å²) < 4.78 is 2.51. The van der Waals surface area contributed by atoms with E-state index in [1.165, 1.54) is 81.6 Å². The Labute approximate surface area is 381 Å². The van der Waals surface area contributed by atoms with Crippen LogP contribution in [0.2, 0.25) is 0 Å². The summed E-state index contributed by atoms with van der Waals surface area (Å²) in [6.07, 6.45) is 17.3. The van der Waals surface area contributed by atoms with Crippen LogP contribution in [0.4, 0.5) is 17.1 Å². The number of allylic oxidation sites excluding steroid dienone is 7. The van der Waals surface area contributed by atoms with E-state index in [2.05, 4.69) is 188 Å². The lowest BCUT2D eigenvalue weighted by molar-refractivity contribution is 0.332. The summed E-state index contributed by atoms with van der Waals surface area (Å²) >= 11 is 1.89. The van der Waals surface area contributed by atoms with Gasteiger partial charge in [-0.3, -0.25) is 0 Å². The molecule has 1 aliphatic heterocycles. The second-order valence-corrected chi connectivity index (χ2v) is 22.2. The minimum Gasteiger partial charge on any atom is -0.398 e. The summed E-state index contributed by atoms with van der Waals surface area (Å²) in [4.78, 5) is 2.58. The van der Waals surface area contributed by atoms with Gasteiger partial charge in [-0.15, -0.1) is 11.3 Å². The Hall–Kier alpha value is -5.50. The first-order valence-corrected chi connectivity index (χ1v) is 23.8. The van der Waals surface area contributed by atoms with Crippen LogP contribution in [0.15, 0.2) is 121 Å². The number of nitrogen functional groups attached to an aromatic ring is 1. The Morgan fingerprint density at radius 2 is 1.48 bits per heavy atom. The van der Waals surface area contributed by atoms with Crippen LogP contribution in [0, 0.1) is 11.8 Å². The maximum atomic E-state index is 7.55. The number of anilines is 3. The van der Waals surface area contributed by atoms with Crippen LogP contribution in [0.5, 0.6) is 0 Å². The normalized spacial score (nSPS) is 18.6. The molecule has 2 heterocycles. The molecule has 5 aromatic carbocycles. The van der Waals surface area contributed by atoms with Crippen molar-refractivity contribution in [1.29, 1.82) is 0 Å². The fraction of sp³-hybridized carbons (Fsp3) is 0.322. The fourth-order valence-electron chi connectivity index (χ4n) is 11.3. The molecule has 0 unspecified atom stereocenters. The molecule has 314 valence electrons. The van der Waals surface area contributed by atoms with Crippen LogP contribution in [-0.4, -0.2) is 7.85 Å². The third kappa shape index (κ3) is 6.60. The van der Waals surface area contributed by atoms with Gasteiger partial charge in [0.25, 0.3) is 0 Å². The highest BCUT2D eigenvalue weighted by Crippen LogP contribution is 2.59. The molecular formula is C59H59BN2S. The van der Waals surface area contributed by atoms with Gasteiger partial charge in [0.05, 0.1) is 10.4 Å². The average Bonchev–Trinajstić information content (AvgIpc) is 3.60. The van der Waals surface area contributed by atoms with Crippen LogP contribution in [-0.2, 0) is 21.7 Å². The van der Waals surface area contributed by atoms with Crippen molar-refractivity contribution in [3.05, 3.63) is 148 Å². The monoisotopic (exact) mass is 838 g/mol. The molecule has 0 spiro atoms. The Balaban J connectivity index is 1.46. The highest BCUT2D eigenvalue weighted by molar-refractivity contribution is 7.26. The summed E-state index contributed by atoms with van der Waals surface area (Å²) in [7, 11) is 7.34. The highest BCUT2D eigenvalue weighted by Gasteiger charge is 2.42. The van der Waals surface area contributed by atoms with Crippen LogP contribution in [0.1, 0.15) is 129 Å². The molecule has 4 heteroatoms. The summed E-state index contributed by atoms with van der Waals surface area (Å²) in [5, 5.41) is 2.48. The maximum Gasteiger partial charge on any atom is 0.116 e. The van der Waals surface area contributed by atoms with Gasteiger partial charge in [-0.1, -0.05) is 165 Å². The SMILES string of the molecule is [B]c1cccc2c1N(c1c(-c3ccc4c(c3)C(C)(C)CCC4(C)C)c(-c3c(N)ccc(C(C)(C)C)c3C3=CCC#CCC=C3)cc3c1sc1ccccc13)C1=C(CCC=C1)C2(C)C. The summed E-state index contributed by atoms with van der Waals surface area (Å²) in [5.74, 6) is 6.72. The Kier molecular flexibility index (Phi) is 9.74. The molecule has 10 rings (SSSR count). The molecule has 4 aliphatic rings. The van der Waals surface area contributed by atoms with E-state index in [0.29, 0.717) is 6.42 Å². The van der Waals surface area contributed by atoms with Crippen LogP contribution < -0.4 is 16.1 Å². The molecule has 2 radical (unpaired) electrons. The third-order valence-corrected chi connectivity index (χ3v) is 16.0. The molecule has 6 aromatic rings. The molecule has 0 saturated heterocycles. The predicted octanol–water partition coefficient (Wildman–Crippen LogP) is 15.2. The second kappa shape index (κ2) is 14.8. The van der Waals surface area contributed by atoms with Crippen molar-refractivity contribution in [3.8, 4) is 34.1 Å². The number of hydrogen-bond acceptors (Lipinski definition) is 3. The lowest BCUT2D eigenvalue weighted by Gasteiger charge is -2.46. The van der Waals surface area contributed by atoms with Gasteiger partial charge in [0.1, 0.15) is 7.85 Å². The van der Waals surface area contributed by atoms with Gasteiger partial charge in [-0.05, 0) is 116 Å². The van der Waals surface area contributed by atoms with Crippen LogP contribution >= 0.6 is 11.3 Å². The first kappa shape index (κ1) is 41.5. The minimum absolute atomic E-state index is 0.00270. The predicted molar refractivity (Wildman–Crippen MR) is 275 cm³/mol. The van der Waals surface area contributed by atoms with E-state index in [9.17, 15) is 0 Å². The van der Waals surface area contributed by atoms with Crippen molar-refractivity contribution in [1.82, 2.24) is 0 Å². The van der Waals surface area contributed by atoms with E-state index in [1.807, 2.05) is 11.3 Å². The summed E-state index contributed by atoms with van der Waals surface area (Å²) in [5.41, 5.74) is 26.1. The van der Waals surface area contributed by atoms with Crippen molar-refractivity contribution in [2.45, 2.75) is 122 Å². The van der Waals surface area contributed by atoms with Gasteiger partial charge >= 0.3 is 0 Å². The standard InChI is InChI=1S/C59H59BN2S/c1-56(2,3)43-30-31-47(61)52(51(43)36-20-13-11-10-12-14-21-36)40-35-39-38-22-15-18-27-49(38)63-55(39)54(50(40)37-28-29-41-45(34-37)58(6,7)33-32-57(41,4)5)62-48-26-17-16-23-42(48)59(8,9)44-24-19-25-46(60)53(44)62/h13,15,17-22,24-31,34-35H,11,14,16,23,32-33,61H2,1-9H3. The number of para-hydroxylation sites is 1. The first-order chi connectivity index (χ1) is 30.0. The van der Waals surface area contributed by atoms with Crippen molar-refractivity contribution in [2.24, 2.45) is 0 Å². The Bertz CT molecular complexity index is 3100. The smallest absolute Gasteiger partial charge is 0.116 e. The molecule has 1 aromatic heterocycles. The molecule has 63 heavy (non-hydrogen) atoms. The van der Waals surface area contributed by atoms with Crippen molar-refractivity contribution >= 4 is 67.5 Å². The maximum absolute atomic E-state index is 7.55. The summed E-state index contributed by atoms with van der Waals surface area (Å²) in [6.45, 7) is 21.5. The van der Waals surface area contributed by atoms with Gasteiger partial charge in [-0.2, -0.15) is 0 Å². The average molecular weight is 839 g/mol. The zero-order valence-electron chi connectivity index (χ0n) is 38.6.